The van der Waals surface area contributed by atoms with Gasteiger partial charge in [0.25, 0.3) is 0 Å². The summed E-state index contributed by atoms with van der Waals surface area (Å²) in [5, 5.41) is 9.00. The number of aliphatic hydroxyl groups is 1. The third-order valence-electron chi connectivity index (χ3n) is 2.00. The average molecular weight is 260 g/mol. The summed E-state index contributed by atoms with van der Waals surface area (Å²) in [5.74, 6) is -6.25. The molecule has 0 amide bonds. The van der Waals surface area contributed by atoms with Crippen LogP contribution in [0.2, 0.25) is 0 Å². The minimum absolute atomic E-state index is 0. The average Bonchev–Trinajstić information content (AvgIpc) is 2.15. The highest BCUT2D eigenvalue weighted by Gasteiger charge is 2.26. The summed E-state index contributed by atoms with van der Waals surface area (Å²) >= 11 is 0. The lowest BCUT2D eigenvalue weighted by Crippen LogP contribution is -2.26. The van der Waals surface area contributed by atoms with Gasteiger partial charge in [-0.3, -0.25) is 0 Å². The summed E-state index contributed by atoms with van der Waals surface area (Å²) in [6.07, 6.45) is -1.32. The lowest BCUT2D eigenvalue weighted by atomic mass is 10.0. The van der Waals surface area contributed by atoms with E-state index in [0.29, 0.717) is 0 Å². The fraction of sp³-hybridized carbons (Fsp3) is 0.333. The Morgan fingerprint density at radius 3 is 1.81 bits per heavy atom. The maximum atomic E-state index is 13.1. The Balaban J connectivity index is 0.00000225. The van der Waals surface area contributed by atoms with Gasteiger partial charge < -0.3 is 10.8 Å². The molecule has 16 heavy (non-hydrogen) atoms. The lowest BCUT2D eigenvalue weighted by Gasteiger charge is -2.17. The van der Waals surface area contributed by atoms with Gasteiger partial charge in [0.05, 0.1) is 12.1 Å². The number of hydrogen-bond acceptors (Lipinski definition) is 2. The van der Waals surface area contributed by atoms with Crippen molar-refractivity contribution in [2.75, 3.05) is 0 Å². The Morgan fingerprint density at radius 2 is 1.50 bits per heavy atom. The van der Waals surface area contributed by atoms with E-state index in [1.807, 2.05) is 0 Å². The monoisotopic (exact) mass is 259 g/mol. The van der Waals surface area contributed by atoms with Crippen molar-refractivity contribution in [2.24, 2.45) is 5.73 Å². The van der Waals surface area contributed by atoms with Gasteiger partial charge >= 0.3 is 0 Å². The van der Waals surface area contributed by atoms with Crippen molar-refractivity contribution in [3.05, 3.63) is 34.9 Å². The molecule has 0 aliphatic rings. The van der Waals surface area contributed by atoms with Crippen LogP contribution < -0.4 is 5.73 Å². The van der Waals surface area contributed by atoms with Gasteiger partial charge in [-0.2, -0.15) is 0 Å². The zero-order chi connectivity index (χ0) is 11.7. The highest BCUT2D eigenvalue weighted by Crippen LogP contribution is 2.25. The molecule has 0 aromatic heterocycles. The predicted octanol–water partition coefficient (Wildman–Crippen LogP) is 2.05. The molecule has 0 bridgehead atoms. The van der Waals surface area contributed by atoms with Crippen LogP contribution in [-0.4, -0.2) is 11.2 Å². The van der Waals surface area contributed by atoms with Gasteiger partial charge in [0.1, 0.15) is 0 Å². The summed E-state index contributed by atoms with van der Waals surface area (Å²) in [6.45, 7) is 1.16. The van der Waals surface area contributed by atoms with E-state index >= 15 is 0 Å². The molecular formula is C9H10ClF4NO. The molecule has 92 valence electrons. The van der Waals surface area contributed by atoms with E-state index in [-0.39, 0.29) is 18.5 Å². The van der Waals surface area contributed by atoms with Crippen LogP contribution >= 0.6 is 12.4 Å². The topological polar surface area (TPSA) is 46.2 Å². The summed E-state index contributed by atoms with van der Waals surface area (Å²) in [6, 6.07) is -1.43. The van der Waals surface area contributed by atoms with Gasteiger partial charge in [-0.05, 0) is 6.92 Å². The fourth-order valence-electron chi connectivity index (χ4n) is 1.13. The molecule has 0 saturated heterocycles. The third kappa shape index (κ3) is 2.63. The first-order valence-corrected chi connectivity index (χ1v) is 4.12. The Labute approximate surface area is 95.5 Å². The van der Waals surface area contributed by atoms with Gasteiger partial charge in [0, 0.05) is 11.6 Å². The summed E-state index contributed by atoms with van der Waals surface area (Å²) in [4.78, 5) is 0. The van der Waals surface area contributed by atoms with E-state index in [9.17, 15) is 17.6 Å². The van der Waals surface area contributed by atoms with Crippen molar-refractivity contribution < 1.29 is 22.7 Å². The Morgan fingerprint density at radius 1 is 1.12 bits per heavy atom. The number of hydrogen-bond donors (Lipinski definition) is 2. The van der Waals surface area contributed by atoms with Crippen LogP contribution in [0.3, 0.4) is 0 Å². The molecule has 7 heteroatoms. The number of rotatable bonds is 2. The summed E-state index contributed by atoms with van der Waals surface area (Å²) < 4.78 is 51.6. The molecule has 0 unspecified atom stereocenters. The van der Waals surface area contributed by atoms with Crippen LogP contribution in [0.5, 0.6) is 0 Å². The van der Waals surface area contributed by atoms with Gasteiger partial charge in [-0.25, -0.2) is 17.6 Å². The van der Waals surface area contributed by atoms with E-state index in [0.717, 1.165) is 6.92 Å². The second kappa shape index (κ2) is 5.47. The van der Waals surface area contributed by atoms with Crippen molar-refractivity contribution >= 4 is 12.4 Å². The van der Waals surface area contributed by atoms with E-state index in [1.165, 1.54) is 0 Å². The minimum Gasteiger partial charge on any atom is -0.391 e. The molecule has 0 spiro atoms. The molecule has 3 N–H and O–H groups in total. The van der Waals surface area contributed by atoms with Crippen molar-refractivity contribution in [3.63, 3.8) is 0 Å². The molecule has 1 aromatic carbocycles. The largest absolute Gasteiger partial charge is 0.391 e. The number of nitrogens with two attached hydrogens (primary N) is 1. The molecule has 0 saturated carbocycles. The van der Waals surface area contributed by atoms with Gasteiger partial charge in [-0.1, -0.05) is 0 Å². The second-order valence-electron chi connectivity index (χ2n) is 3.15. The quantitative estimate of drug-likeness (QED) is 0.631. The van der Waals surface area contributed by atoms with E-state index in [2.05, 4.69) is 0 Å². The minimum atomic E-state index is -1.58. The zero-order valence-corrected chi connectivity index (χ0v) is 8.99. The Bertz CT molecular complexity index is 360. The molecule has 2 atom stereocenters. The molecule has 1 aromatic rings. The molecule has 0 aliphatic heterocycles. The van der Waals surface area contributed by atoms with Crippen LogP contribution in [-0.2, 0) is 0 Å². The van der Waals surface area contributed by atoms with Gasteiger partial charge in [0.15, 0.2) is 23.3 Å². The van der Waals surface area contributed by atoms with Crippen LogP contribution in [0.15, 0.2) is 6.07 Å². The molecule has 1 rings (SSSR count). The summed E-state index contributed by atoms with van der Waals surface area (Å²) in [7, 11) is 0. The first kappa shape index (κ1) is 15.2. The SMILES string of the molecule is C[C@@H](O)[C@@H](N)c1c(F)c(F)cc(F)c1F.Cl. The lowest BCUT2D eigenvalue weighted by molar-refractivity contribution is 0.159. The van der Waals surface area contributed by atoms with Crippen molar-refractivity contribution in [1.82, 2.24) is 0 Å². The third-order valence-corrected chi connectivity index (χ3v) is 2.00. The highest BCUT2D eigenvalue weighted by atomic mass is 35.5. The Kier molecular flexibility index (Phi) is 5.18. The van der Waals surface area contributed by atoms with Crippen LogP contribution in [0.4, 0.5) is 17.6 Å². The molecular weight excluding hydrogens is 250 g/mol. The molecule has 0 fully saturated rings. The normalized spacial score (nSPS) is 14.2. The number of aliphatic hydroxyl groups excluding tert-OH is 1. The van der Waals surface area contributed by atoms with Crippen LogP contribution in [0, 0.1) is 23.3 Å². The van der Waals surface area contributed by atoms with Crippen molar-refractivity contribution in [2.45, 2.75) is 19.1 Å². The van der Waals surface area contributed by atoms with Crippen molar-refractivity contribution in [3.8, 4) is 0 Å². The first-order valence-electron chi connectivity index (χ1n) is 4.12. The smallest absolute Gasteiger partial charge is 0.166 e. The number of halogens is 5. The summed E-state index contributed by atoms with van der Waals surface area (Å²) in [5.41, 5.74) is 4.23. The van der Waals surface area contributed by atoms with Gasteiger partial charge in [0.2, 0.25) is 0 Å². The molecule has 0 aliphatic carbocycles. The molecule has 0 radical (unpaired) electrons. The van der Waals surface area contributed by atoms with E-state index < -0.39 is 41.0 Å². The van der Waals surface area contributed by atoms with E-state index in [4.69, 9.17) is 10.8 Å². The Hall–Kier alpha value is -0.850. The van der Waals surface area contributed by atoms with Crippen LogP contribution in [0.25, 0.3) is 0 Å². The first-order chi connectivity index (χ1) is 6.86. The number of benzene rings is 1. The van der Waals surface area contributed by atoms with Crippen molar-refractivity contribution in [1.29, 1.82) is 0 Å². The van der Waals surface area contributed by atoms with E-state index in [1.54, 1.807) is 0 Å². The maximum Gasteiger partial charge on any atom is 0.166 e. The predicted molar refractivity (Wildman–Crippen MR) is 52.1 cm³/mol. The van der Waals surface area contributed by atoms with Crippen LogP contribution in [0.1, 0.15) is 18.5 Å². The molecule has 0 heterocycles. The fourth-order valence-corrected chi connectivity index (χ4v) is 1.13. The second-order valence-corrected chi connectivity index (χ2v) is 3.15. The molecule has 2 nitrogen and oxygen atoms in total. The highest BCUT2D eigenvalue weighted by molar-refractivity contribution is 5.85. The maximum absolute atomic E-state index is 13.1. The van der Waals surface area contributed by atoms with Gasteiger partial charge in [-0.15, -0.1) is 12.4 Å². The zero-order valence-electron chi connectivity index (χ0n) is 8.18. The standard InChI is InChI=1S/C9H9F4NO.ClH/c1-3(15)9(14)6-7(12)4(10)2-5(11)8(6)13;/h2-3,9,15H,14H2,1H3;1H/t3-,9-;/m1./s1.